The topological polar surface area (TPSA) is 38.7 Å². The minimum Gasteiger partial charge on any atom is -0.458 e. The van der Waals surface area contributed by atoms with Crippen molar-refractivity contribution in [1.29, 1.82) is 0 Å². The first-order chi connectivity index (χ1) is 16.9. The number of nitrogens with zero attached hydrogens (tertiary/aromatic N) is 1. The fourth-order valence-electron chi connectivity index (χ4n) is 3.90. The van der Waals surface area contributed by atoms with Gasteiger partial charge in [-0.25, -0.2) is 4.79 Å². The van der Waals surface area contributed by atoms with Crippen LogP contribution in [0.2, 0.25) is 0 Å². The van der Waals surface area contributed by atoms with Gasteiger partial charge in [0, 0.05) is 17.5 Å². The highest BCUT2D eigenvalue weighted by atomic mass is 16.6. The third-order valence-corrected chi connectivity index (χ3v) is 5.55. The Hall–Kier alpha value is -3.98. The SMILES string of the molecule is CC(C)(C)OC(=O)[C@H](Cc1ccc(-c2ccccc2)cc1)N=C(c1ccccc1)c1ccccc1. The Kier molecular flexibility index (Phi) is 7.57. The van der Waals surface area contributed by atoms with Crippen LogP contribution in [0.25, 0.3) is 11.1 Å². The van der Waals surface area contributed by atoms with Crippen molar-refractivity contribution < 1.29 is 9.53 Å². The summed E-state index contributed by atoms with van der Waals surface area (Å²) in [5.74, 6) is -0.325. The van der Waals surface area contributed by atoms with E-state index >= 15 is 0 Å². The van der Waals surface area contributed by atoms with Crippen LogP contribution < -0.4 is 0 Å². The molecule has 1 atom stereocenters. The molecule has 0 radical (unpaired) electrons. The third kappa shape index (κ3) is 6.77. The second kappa shape index (κ2) is 11.0. The van der Waals surface area contributed by atoms with Gasteiger partial charge in [0.1, 0.15) is 5.60 Å². The van der Waals surface area contributed by atoms with Gasteiger partial charge >= 0.3 is 5.97 Å². The Morgan fingerprint density at radius 2 is 1.14 bits per heavy atom. The highest BCUT2D eigenvalue weighted by Gasteiger charge is 2.26. The summed E-state index contributed by atoms with van der Waals surface area (Å²) in [5, 5.41) is 0. The average Bonchev–Trinajstić information content (AvgIpc) is 2.87. The average molecular weight is 462 g/mol. The van der Waals surface area contributed by atoms with Gasteiger partial charge < -0.3 is 4.74 Å². The van der Waals surface area contributed by atoms with Crippen molar-refractivity contribution in [3.05, 3.63) is 132 Å². The van der Waals surface area contributed by atoms with Crippen LogP contribution in [0.1, 0.15) is 37.5 Å². The molecule has 4 aromatic carbocycles. The van der Waals surface area contributed by atoms with Gasteiger partial charge in [0.2, 0.25) is 0 Å². The van der Waals surface area contributed by atoms with Crippen LogP contribution in [-0.4, -0.2) is 23.3 Å². The molecule has 0 saturated carbocycles. The van der Waals surface area contributed by atoms with Crippen molar-refractivity contribution in [2.75, 3.05) is 0 Å². The molecule has 0 heterocycles. The number of esters is 1. The molecular formula is C32H31NO2. The highest BCUT2D eigenvalue weighted by Crippen LogP contribution is 2.22. The van der Waals surface area contributed by atoms with Gasteiger partial charge in [0.05, 0.1) is 5.71 Å². The Morgan fingerprint density at radius 1 is 0.686 bits per heavy atom. The fraction of sp³-hybridized carbons (Fsp3) is 0.188. The van der Waals surface area contributed by atoms with E-state index in [1.54, 1.807) is 0 Å². The van der Waals surface area contributed by atoms with Crippen LogP contribution in [0, 0.1) is 0 Å². The lowest BCUT2D eigenvalue weighted by atomic mass is 9.99. The summed E-state index contributed by atoms with van der Waals surface area (Å²) in [6.45, 7) is 5.65. The van der Waals surface area contributed by atoms with E-state index in [9.17, 15) is 4.79 Å². The van der Waals surface area contributed by atoms with E-state index in [4.69, 9.17) is 9.73 Å². The largest absolute Gasteiger partial charge is 0.458 e. The number of rotatable bonds is 7. The summed E-state index contributed by atoms with van der Waals surface area (Å²) < 4.78 is 5.79. The summed E-state index contributed by atoms with van der Waals surface area (Å²) in [5.41, 5.74) is 5.45. The monoisotopic (exact) mass is 461 g/mol. The summed E-state index contributed by atoms with van der Waals surface area (Å²) in [7, 11) is 0. The molecule has 0 fully saturated rings. The van der Waals surface area contributed by atoms with Gasteiger partial charge in [-0.3, -0.25) is 4.99 Å². The van der Waals surface area contributed by atoms with Crippen molar-refractivity contribution in [2.45, 2.75) is 38.8 Å². The lowest BCUT2D eigenvalue weighted by Gasteiger charge is -2.23. The second-order valence-corrected chi connectivity index (χ2v) is 9.53. The number of carbonyl (C=O) groups excluding carboxylic acids is 1. The van der Waals surface area contributed by atoms with Crippen molar-refractivity contribution in [2.24, 2.45) is 4.99 Å². The van der Waals surface area contributed by atoms with Crippen molar-refractivity contribution in [3.8, 4) is 11.1 Å². The normalized spacial score (nSPS) is 12.0. The van der Waals surface area contributed by atoms with E-state index in [1.807, 2.05) is 99.6 Å². The van der Waals surface area contributed by atoms with E-state index in [0.29, 0.717) is 6.42 Å². The number of hydrogen-bond acceptors (Lipinski definition) is 3. The predicted molar refractivity (Wildman–Crippen MR) is 144 cm³/mol. The zero-order valence-corrected chi connectivity index (χ0v) is 20.5. The van der Waals surface area contributed by atoms with Crippen LogP contribution in [0.4, 0.5) is 0 Å². The zero-order valence-electron chi connectivity index (χ0n) is 20.5. The molecule has 4 rings (SSSR count). The van der Waals surface area contributed by atoms with E-state index in [-0.39, 0.29) is 5.97 Å². The first-order valence-corrected chi connectivity index (χ1v) is 11.9. The Labute approximate surface area is 208 Å². The maximum absolute atomic E-state index is 13.3. The molecule has 0 aliphatic heterocycles. The number of ether oxygens (including phenoxy) is 1. The smallest absolute Gasteiger partial charge is 0.331 e. The molecule has 3 heteroatoms. The quantitative estimate of drug-likeness (QED) is 0.217. The van der Waals surface area contributed by atoms with Crippen LogP contribution >= 0.6 is 0 Å². The fourth-order valence-corrected chi connectivity index (χ4v) is 3.90. The maximum Gasteiger partial charge on any atom is 0.331 e. The second-order valence-electron chi connectivity index (χ2n) is 9.53. The molecule has 0 N–H and O–H groups in total. The Bertz CT molecular complexity index is 1210. The number of carbonyl (C=O) groups is 1. The molecule has 0 spiro atoms. The van der Waals surface area contributed by atoms with Crippen LogP contribution in [0.3, 0.4) is 0 Å². The van der Waals surface area contributed by atoms with Crippen LogP contribution in [-0.2, 0) is 16.0 Å². The van der Waals surface area contributed by atoms with Crippen molar-refractivity contribution in [1.82, 2.24) is 0 Å². The molecule has 0 bridgehead atoms. The van der Waals surface area contributed by atoms with E-state index in [0.717, 1.165) is 33.5 Å². The molecule has 35 heavy (non-hydrogen) atoms. The van der Waals surface area contributed by atoms with E-state index in [2.05, 4.69) is 36.4 Å². The summed E-state index contributed by atoms with van der Waals surface area (Å²) in [6, 6.07) is 37.9. The van der Waals surface area contributed by atoms with Gasteiger partial charge in [-0.2, -0.15) is 0 Å². The molecule has 0 amide bonds. The summed E-state index contributed by atoms with van der Waals surface area (Å²) >= 11 is 0. The van der Waals surface area contributed by atoms with E-state index in [1.165, 1.54) is 0 Å². The maximum atomic E-state index is 13.3. The van der Waals surface area contributed by atoms with Gasteiger partial charge in [-0.15, -0.1) is 0 Å². The van der Waals surface area contributed by atoms with Crippen molar-refractivity contribution in [3.63, 3.8) is 0 Å². The number of benzene rings is 4. The molecule has 0 aliphatic carbocycles. The van der Waals surface area contributed by atoms with Gasteiger partial charge in [-0.1, -0.05) is 115 Å². The summed E-state index contributed by atoms with van der Waals surface area (Å²) in [6.07, 6.45) is 0.452. The van der Waals surface area contributed by atoms with Gasteiger partial charge in [0.25, 0.3) is 0 Å². The first-order valence-electron chi connectivity index (χ1n) is 11.9. The Morgan fingerprint density at radius 3 is 1.63 bits per heavy atom. The standard InChI is InChI=1S/C32H31NO2/c1-32(2,3)35-31(34)29(23-24-19-21-26(22-20-24)25-13-7-4-8-14-25)33-30(27-15-9-5-10-16-27)28-17-11-6-12-18-28/h4-22,29H,23H2,1-3H3/t29-/m0/s1. The summed E-state index contributed by atoms with van der Waals surface area (Å²) in [4.78, 5) is 18.3. The molecule has 176 valence electrons. The lowest BCUT2D eigenvalue weighted by Crippen LogP contribution is -2.33. The Balaban J connectivity index is 1.70. The molecule has 0 aliphatic rings. The van der Waals surface area contributed by atoms with Crippen LogP contribution in [0.15, 0.2) is 120 Å². The molecular weight excluding hydrogens is 430 g/mol. The van der Waals surface area contributed by atoms with Crippen molar-refractivity contribution >= 4 is 11.7 Å². The highest BCUT2D eigenvalue weighted by molar-refractivity contribution is 6.13. The lowest BCUT2D eigenvalue weighted by molar-refractivity contribution is -0.156. The minimum absolute atomic E-state index is 0.325. The number of aliphatic imine (C=N–C) groups is 1. The van der Waals surface area contributed by atoms with Gasteiger partial charge in [0.15, 0.2) is 6.04 Å². The number of hydrogen-bond donors (Lipinski definition) is 0. The predicted octanol–water partition coefficient (Wildman–Crippen LogP) is 7.14. The third-order valence-electron chi connectivity index (χ3n) is 5.55. The minimum atomic E-state index is -0.674. The molecule has 3 nitrogen and oxygen atoms in total. The molecule has 0 unspecified atom stereocenters. The van der Waals surface area contributed by atoms with E-state index < -0.39 is 11.6 Å². The molecule has 4 aromatic rings. The first kappa shape index (κ1) is 24.2. The van der Waals surface area contributed by atoms with Crippen LogP contribution in [0.5, 0.6) is 0 Å². The molecule has 0 aromatic heterocycles. The van der Waals surface area contributed by atoms with Gasteiger partial charge in [-0.05, 0) is 37.5 Å². The molecule has 0 saturated heterocycles. The zero-order chi connectivity index (χ0) is 24.7.